The zero-order valence-electron chi connectivity index (χ0n) is 21.1. The van der Waals surface area contributed by atoms with E-state index >= 15 is 0 Å². The first-order chi connectivity index (χ1) is 16.3. The quantitative estimate of drug-likeness (QED) is 0.226. The maximum Gasteiger partial charge on any atom is 0.311 e. The Labute approximate surface area is 208 Å². The highest BCUT2D eigenvalue weighted by atomic mass is 32.2. The van der Waals surface area contributed by atoms with E-state index < -0.39 is 22.6 Å². The molecule has 1 spiro atoms. The molecule has 2 bridgehead atoms. The summed E-state index contributed by atoms with van der Waals surface area (Å²) in [6.07, 6.45) is 8.51. The van der Waals surface area contributed by atoms with E-state index in [1.54, 1.807) is 29.7 Å². The van der Waals surface area contributed by atoms with Gasteiger partial charge in [0.15, 0.2) is 0 Å². The molecule has 3 saturated heterocycles. The molecule has 192 valence electrons. The Morgan fingerprint density at radius 3 is 2.65 bits per heavy atom. The highest BCUT2D eigenvalue weighted by Gasteiger charge is 2.77. The molecule has 1 N–H and O–H groups in total. The maximum atomic E-state index is 14.1. The summed E-state index contributed by atoms with van der Waals surface area (Å²) >= 11 is 1.69. The van der Waals surface area contributed by atoms with Gasteiger partial charge in [-0.3, -0.25) is 14.4 Å². The largest absolute Gasteiger partial charge is 0.466 e. The van der Waals surface area contributed by atoms with Crippen LogP contribution >= 0.6 is 11.8 Å². The second-order valence-corrected chi connectivity index (χ2v) is 12.0. The van der Waals surface area contributed by atoms with Crippen LogP contribution in [0.5, 0.6) is 0 Å². The number of aliphatic hydroxyl groups excluding tert-OH is 1. The molecule has 3 rings (SSSR count). The molecular formula is C26H42N2O5S. The van der Waals surface area contributed by atoms with Gasteiger partial charge in [-0.15, -0.1) is 18.3 Å². The van der Waals surface area contributed by atoms with E-state index in [1.807, 2.05) is 4.90 Å². The topological polar surface area (TPSA) is 87.2 Å². The lowest BCUT2D eigenvalue weighted by atomic mass is 9.66. The van der Waals surface area contributed by atoms with Crippen molar-refractivity contribution in [3.8, 4) is 0 Å². The van der Waals surface area contributed by atoms with Gasteiger partial charge in [0.05, 0.1) is 23.2 Å². The monoisotopic (exact) mass is 494 g/mol. The lowest BCUT2D eigenvalue weighted by molar-refractivity contribution is -0.155. The van der Waals surface area contributed by atoms with Crippen LogP contribution in [0.15, 0.2) is 12.7 Å². The minimum absolute atomic E-state index is 0.0183. The fourth-order valence-corrected chi connectivity index (χ4v) is 8.62. The molecule has 0 aromatic heterocycles. The Morgan fingerprint density at radius 2 is 2.00 bits per heavy atom. The number of nitrogens with zero attached hydrogens (tertiary/aromatic N) is 2. The molecule has 5 atom stereocenters. The van der Waals surface area contributed by atoms with E-state index in [4.69, 9.17) is 4.74 Å². The lowest BCUT2D eigenvalue weighted by Gasteiger charge is -2.37. The van der Waals surface area contributed by atoms with Crippen LogP contribution < -0.4 is 0 Å². The Bertz CT molecular complexity index is 776. The number of thioether (sulfide) groups is 1. The highest BCUT2D eigenvalue weighted by Crippen LogP contribution is 2.71. The van der Waals surface area contributed by atoms with E-state index in [-0.39, 0.29) is 35.7 Å². The van der Waals surface area contributed by atoms with Crippen molar-refractivity contribution in [3.05, 3.63) is 12.7 Å². The Kier molecular flexibility index (Phi) is 9.12. The zero-order valence-corrected chi connectivity index (χ0v) is 21.9. The van der Waals surface area contributed by atoms with Gasteiger partial charge in [-0.05, 0) is 52.4 Å². The van der Waals surface area contributed by atoms with Gasteiger partial charge in [-0.25, -0.2) is 0 Å². The first-order valence-corrected chi connectivity index (χ1v) is 13.8. The zero-order chi connectivity index (χ0) is 24.9. The van der Waals surface area contributed by atoms with Crippen molar-refractivity contribution < 1.29 is 24.2 Å². The molecule has 0 radical (unpaired) electrons. The minimum Gasteiger partial charge on any atom is -0.466 e. The average Bonchev–Trinajstić information content (AvgIpc) is 3.37. The van der Waals surface area contributed by atoms with Crippen LogP contribution in [0.2, 0.25) is 0 Å². The second-order valence-electron chi connectivity index (χ2n) is 10.1. The van der Waals surface area contributed by atoms with Gasteiger partial charge in [0.25, 0.3) is 0 Å². The van der Waals surface area contributed by atoms with Crippen molar-refractivity contribution in [2.24, 2.45) is 11.8 Å². The van der Waals surface area contributed by atoms with Crippen LogP contribution in [-0.4, -0.2) is 81.1 Å². The second kappa shape index (κ2) is 11.5. The smallest absolute Gasteiger partial charge is 0.311 e. The molecule has 3 heterocycles. The lowest BCUT2D eigenvalue weighted by Crippen LogP contribution is -2.55. The summed E-state index contributed by atoms with van der Waals surface area (Å²) in [5, 5.41) is 9.17. The molecule has 3 fully saturated rings. The summed E-state index contributed by atoms with van der Waals surface area (Å²) < 4.78 is 4.45. The van der Waals surface area contributed by atoms with E-state index in [2.05, 4.69) is 20.4 Å². The molecule has 2 amide bonds. The third kappa shape index (κ3) is 4.77. The molecule has 2 unspecified atom stereocenters. The number of hydrogen-bond donors (Lipinski definition) is 1. The number of rotatable bonds is 14. The summed E-state index contributed by atoms with van der Waals surface area (Å²) in [6.45, 7) is 11.8. The summed E-state index contributed by atoms with van der Waals surface area (Å²) in [7, 11) is 0. The van der Waals surface area contributed by atoms with Crippen LogP contribution in [0.4, 0.5) is 0 Å². The molecule has 0 aliphatic carbocycles. The van der Waals surface area contributed by atoms with Crippen LogP contribution in [0.3, 0.4) is 0 Å². The number of carbonyl (C=O) groups excluding carboxylic acids is 3. The summed E-state index contributed by atoms with van der Waals surface area (Å²) in [4.78, 5) is 44.7. The van der Waals surface area contributed by atoms with E-state index in [9.17, 15) is 19.5 Å². The molecular weight excluding hydrogens is 452 g/mol. The van der Waals surface area contributed by atoms with Crippen LogP contribution in [-0.2, 0) is 19.1 Å². The van der Waals surface area contributed by atoms with Gasteiger partial charge in [-0.1, -0.05) is 25.8 Å². The Morgan fingerprint density at radius 1 is 1.24 bits per heavy atom. The number of aliphatic hydroxyl groups is 1. The van der Waals surface area contributed by atoms with Crippen LogP contribution in [0.25, 0.3) is 0 Å². The van der Waals surface area contributed by atoms with E-state index in [0.29, 0.717) is 26.1 Å². The number of carbonyl (C=O) groups is 3. The number of esters is 1. The first-order valence-electron chi connectivity index (χ1n) is 13.0. The molecule has 3 aliphatic rings. The van der Waals surface area contributed by atoms with Crippen molar-refractivity contribution in [2.45, 2.75) is 87.7 Å². The SMILES string of the molecule is C=CCN(CCCCC)C(=O)C1N(CCCCCO)C(=O)[C@@H]2[C@H](C(=O)OCC)[C@]3(C)CCC12S3. The van der Waals surface area contributed by atoms with Gasteiger partial charge < -0.3 is 19.6 Å². The minimum atomic E-state index is -0.596. The fraction of sp³-hybridized carbons (Fsp3) is 0.808. The predicted molar refractivity (Wildman–Crippen MR) is 134 cm³/mol. The highest BCUT2D eigenvalue weighted by molar-refractivity contribution is 8.02. The van der Waals surface area contributed by atoms with E-state index in [0.717, 1.165) is 44.9 Å². The number of amides is 2. The number of unbranched alkanes of at least 4 members (excludes halogenated alkanes) is 4. The van der Waals surface area contributed by atoms with Crippen molar-refractivity contribution in [2.75, 3.05) is 32.8 Å². The number of likely N-dealkylation sites (tertiary alicyclic amines) is 1. The van der Waals surface area contributed by atoms with Crippen molar-refractivity contribution in [1.82, 2.24) is 9.80 Å². The van der Waals surface area contributed by atoms with Crippen LogP contribution in [0, 0.1) is 11.8 Å². The third-order valence-electron chi connectivity index (χ3n) is 7.80. The van der Waals surface area contributed by atoms with Gasteiger partial charge in [0.1, 0.15) is 6.04 Å². The Hall–Kier alpha value is -1.54. The summed E-state index contributed by atoms with van der Waals surface area (Å²) in [5.74, 6) is -1.46. The fourth-order valence-electron chi connectivity index (χ4n) is 6.28. The van der Waals surface area contributed by atoms with Gasteiger partial charge in [0.2, 0.25) is 11.8 Å². The molecule has 7 nitrogen and oxygen atoms in total. The van der Waals surface area contributed by atoms with Gasteiger partial charge >= 0.3 is 5.97 Å². The summed E-state index contributed by atoms with van der Waals surface area (Å²) in [5.41, 5.74) is 0. The predicted octanol–water partition coefficient (Wildman–Crippen LogP) is 3.40. The van der Waals surface area contributed by atoms with Gasteiger partial charge in [-0.2, -0.15) is 0 Å². The molecule has 0 aromatic rings. The number of hydrogen-bond acceptors (Lipinski definition) is 6. The van der Waals surface area contributed by atoms with Crippen LogP contribution in [0.1, 0.15) is 72.1 Å². The third-order valence-corrected chi connectivity index (χ3v) is 9.79. The van der Waals surface area contributed by atoms with Crippen molar-refractivity contribution >= 4 is 29.5 Å². The number of ether oxygens (including phenoxy) is 1. The molecule has 8 heteroatoms. The molecule has 3 aliphatic heterocycles. The normalized spacial score (nSPS) is 31.6. The Balaban J connectivity index is 1.96. The van der Waals surface area contributed by atoms with E-state index in [1.165, 1.54) is 0 Å². The first kappa shape index (κ1) is 27.1. The number of fused-ring (bicyclic) bond motifs is 1. The summed E-state index contributed by atoms with van der Waals surface area (Å²) in [6, 6.07) is -0.577. The van der Waals surface area contributed by atoms with Gasteiger partial charge in [0, 0.05) is 31.0 Å². The standard InChI is InChI=1S/C26H42N2O5S/c1-5-8-10-16-27(15-6-2)23(31)21-26-14-13-25(4,34-26)20(24(32)33-7-3)19(26)22(30)28(21)17-11-9-12-18-29/h6,19-21,29H,2,5,7-18H2,1,3-4H3/t19-,20+,21?,25-,26?/m0/s1. The van der Waals surface area contributed by atoms with Crippen molar-refractivity contribution in [3.63, 3.8) is 0 Å². The maximum absolute atomic E-state index is 14.1. The molecule has 34 heavy (non-hydrogen) atoms. The molecule has 0 aromatic carbocycles. The average molecular weight is 495 g/mol. The molecule has 0 saturated carbocycles. The van der Waals surface area contributed by atoms with Crippen molar-refractivity contribution in [1.29, 1.82) is 0 Å².